The SMILES string of the molecule is CCCC1CCC(c2ccc(C#Cc3cc(F)c(N=C=S)c(F)c3)cc2)CC1. The highest BCUT2D eigenvalue weighted by Crippen LogP contribution is 2.37. The molecule has 0 bridgehead atoms. The van der Waals surface area contributed by atoms with Gasteiger partial charge >= 0.3 is 0 Å². The van der Waals surface area contributed by atoms with Gasteiger partial charge in [-0.25, -0.2) is 8.78 Å². The lowest BCUT2D eigenvalue weighted by Gasteiger charge is -2.28. The number of benzene rings is 2. The number of aliphatic imine (C=N–C) groups is 1. The molecule has 0 aliphatic heterocycles. The first kappa shape index (κ1) is 20.4. The predicted molar refractivity (Wildman–Crippen MR) is 113 cm³/mol. The molecule has 0 heterocycles. The Balaban J connectivity index is 1.68. The van der Waals surface area contributed by atoms with Gasteiger partial charge in [-0.2, -0.15) is 4.99 Å². The number of thiocarbonyl (C=S) groups is 1. The van der Waals surface area contributed by atoms with E-state index in [2.05, 4.69) is 48.1 Å². The Hall–Kier alpha value is -2.34. The Labute approximate surface area is 170 Å². The third-order valence-electron chi connectivity index (χ3n) is 5.45. The van der Waals surface area contributed by atoms with Crippen LogP contribution in [0.2, 0.25) is 0 Å². The largest absolute Gasteiger partial charge is 0.204 e. The topological polar surface area (TPSA) is 12.4 Å². The lowest BCUT2D eigenvalue weighted by atomic mass is 9.77. The fourth-order valence-corrected chi connectivity index (χ4v) is 4.06. The van der Waals surface area contributed by atoms with Crippen molar-refractivity contribution in [2.24, 2.45) is 10.9 Å². The Kier molecular flexibility index (Phi) is 7.09. The maximum atomic E-state index is 13.9. The first-order chi connectivity index (χ1) is 13.6. The summed E-state index contributed by atoms with van der Waals surface area (Å²) in [5, 5.41) is 1.98. The highest BCUT2D eigenvalue weighted by molar-refractivity contribution is 7.78. The summed E-state index contributed by atoms with van der Waals surface area (Å²) < 4.78 is 27.7. The van der Waals surface area contributed by atoms with E-state index >= 15 is 0 Å². The molecule has 2 aromatic carbocycles. The smallest absolute Gasteiger partial charge is 0.153 e. The minimum atomic E-state index is -0.796. The first-order valence-corrected chi connectivity index (χ1v) is 10.2. The quantitative estimate of drug-likeness (QED) is 0.304. The maximum absolute atomic E-state index is 13.9. The summed E-state index contributed by atoms with van der Waals surface area (Å²) in [5.41, 5.74) is 2.01. The number of isothiocyanates is 1. The minimum absolute atomic E-state index is 0.261. The van der Waals surface area contributed by atoms with Crippen molar-refractivity contribution in [2.75, 3.05) is 0 Å². The van der Waals surface area contributed by atoms with Crippen LogP contribution in [0.3, 0.4) is 0 Å². The number of nitrogens with zero attached hydrogens (tertiary/aromatic N) is 1. The average molecular weight is 396 g/mol. The fourth-order valence-electron chi connectivity index (χ4n) is 3.97. The van der Waals surface area contributed by atoms with E-state index in [1.54, 1.807) is 0 Å². The summed E-state index contributed by atoms with van der Waals surface area (Å²) >= 11 is 4.40. The van der Waals surface area contributed by atoms with Crippen LogP contribution in [-0.4, -0.2) is 5.16 Å². The predicted octanol–water partition coefficient (Wildman–Crippen LogP) is 7.17. The van der Waals surface area contributed by atoms with Gasteiger partial charge in [0.25, 0.3) is 0 Å². The Morgan fingerprint density at radius 2 is 1.57 bits per heavy atom. The fraction of sp³-hybridized carbons (Fsp3) is 0.375. The van der Waals surface area contributed by atoms with Crippen LogP contribution < -0.4 is 0 Å². The molecule has 4 heteroatoms. The molecule has 2 aromatic rings. The molecule has 0 saturated heterocycles. The zero-order valence-corrected chi connectivity index (χ0v) is 16.8. The Morgan fingerprint density at radius 3 is 2.14 bits per heavy atom. The molecule has 1 fully saturated rings. The number of hydrogen-bond acceptors (Lipinski definition) is 2. The van der Waals surface area contributed by atoms with E-state index in [-0.39, 0.29) is 5.56 Å². The van der Waals surface area contributed by atoms with E-state index < -0.39 is 17.3 Å². The molecule has 0 atom stereocenters. The molecule has 0 aromatic heterocycles. The lowest BCUT2D eigenvalue weighted by molar-refractivity contribution is 0.308. The second-order valence-electron chi connectivity index (χ2n) is 7.37. The van der Waals surface area contributed by atoms with Crippen molar-refractivity contribution in [3.05, 3.63) is 64.7 Å². The molecule has 3 rings (SSSR count). The van der Waals surface area contributed by atoms with Gasteiger partial charge in [0.15, 0.2) is 11.6 Å². The average Bonchev–Trinajstić information content (AvgIpc) is 2.70. The molecule has 0 amide bonds. The highest BCUT2D eigenvalue weighted by Gasteiger charge is 2.21. The highest BCUT2D eigenvalue weighted by atomic mass is 32.1. The van der Waals surface area contributed by atoms with Gasteiger partial charge in [-0.15, -0.1) is 0 Å². The van der Waals surface area contributed by atoms with Crippen LogP contribution >= 0.6 is 12.2 Å². The second-order valence-corrected chi connectivity index (χ2v) is 7.55. The molecule has 0 unspecified atom stereocenters. The van der Waals surface area contributed by atoms with Crippen LogP contribution in [-0.2, 0) is 0 Å². The second kappa shape index (κ2) is 9.73. The Morgan fingerprint density at radius 1 is 0.964 bits per heavy atom. The van der Waals surface area contributed by atoms with Crippen molar-refractivity contribution in [2.45, 2.75) is 51.4 Å². The summed E-state index contributed by atoms with van der Waals surface area (Å²) in [6.45, 7) is 2.26. The molecule has 1 saturated carbocycles. The third kappa shape index (κ3) is 5.13. The minimum Gasteiger partial charge on any atom is -0.204 e. The van der Waals surface area contributed by atoms with E-state index in [4.69, 9.17) is 0 Å². The van der Waals surface area contributed by atoms with Gasteiger partial charge in [-0.05, 0) is 79.6 Å². The van der Waals surface area contributed by atoms with Crippen molar-refractivity contribution in [1.29, 1.82) is 0 Å². The summed E-state index contributed by atoms with van der Waals surface area (Å²) in [7, 11) is 0. The van der Waals surface area contributed by atoms with E-state index in [0.29, 0.717) is 5.92 Å². The Bertz CT molecular complexity index is 902. The summed E-state index contributed by atoms with van der Waals surface area (Å²) in [6.07, 6.45) is 7.77. The van der Waals surface area contributed by atoms with Crippen LogP contribution in [0.15, 0.2) is 41.4 Å². The number of halogens is 2. The number of rotatable bonds is 4. The summed E-state index contributed by atoms with van der Waals surface area (Å²) in [4.78, 5) is 3.40. The summed E-state index contributed by atoms with van der Waals surface area (Å²) in [6, 6.07) is 10.5. The molecular weight excluding hydrogens is 372 g/mol. The van der Waals surface area contributed by atoms with Crippen LogP contribution in [0.1, 0.15) is 68.1 Å². The van der Waals surface area contributed by atoms with Crippen LogP contribution in [0.5, 0.6) is 0 Å². The molecule has 1 aliphatic carbocycles. The van der Waals surface area contributed by atoms with Gasteiger partial charge in [-0.3, -0.25) is 0 Å². The normalized spacial score (nSPS) is 18.7. The zero-order valence-electron chi connectivity index (χ0n) is 16.0. The van der Waals surface area contributed by atoms with E-state index in [9.17, 15) is 8.78 Å². The molecule has 0 spiro atoms. The zero-order chi connectivity index (χ0) is 19.9. The molecule has 0 radical (unpaired) electrons. The van der Waals surface area contributed by atoms with E-state index in [1.165, 1.54) is 44.1 Å². The third-order valence-corrected chi connectivity index (χ3v) is 5.54. The van der Waals surface area contributed by atoms with Crippen molar-refractivity contribution in [1.82, 2.24) is 0 Å². The van der Waals surface area contributed by atoms with Crippen LogP contribution in [0.4, 0.5) is 14.5 Å². The van der Waals surface area contributed by atoms with Crippen LogP contribution in [0, 0.1) is 29.4 Å². The van der Waals surface area contributed by atoms with Crippen molar-refractivity contribution in [3.63, 3.8) is 0 Å². The number of hydrogen-bond donors (Lipinski definition) is 0. The van der Waals surface area contributed by atoms with Gasteiger partial charge in [0.1, 0.15) is 5.69 Å². The van der Waals surface area contributed by atoms with E-state index in [1.807, 2.05) is 17.3 Å². The molecule has 28 heavy (non-hydrogen) atoms. The standard InChI is InChI=1S/C24H23F2NS/c1-2-3-17-6-10-20(11-7-17)21-12-8-18(9-13-21)4-5-19-14-22(25)24(27-16-28)23(26)15-19/h8-9,12-15,17,20H,2-3,6-7,10-11H2,1H3. The van der Waals surface area contributed by atoms with E-state index in [0.717, 1.165) is 23.6 Å². The van der Waals surface area contributed by atoms with Gasteiger partial charge in [0, 0.05) is 11.1 Å². The van der Waals surface area contributed by atoms with Gasteiger partial charge < -0.3 is 0 Å². The van der Waals surface area contributed by atoms with Crippen molar-refractivity contribution in [3.8, 4) is 11.8 Å². The molecular formula is C24H23F2NS. The van der Waals surface area contributed by atoms with Gasteiger partial charge in [0.2, 0.25) is 0 Å². The van der Waals surface area contributed by atoms with Crippen molar-refractivity contribution < 1.29 is 8.78 Å². The van der Waals surface area contributed by atoms with Crippen LogP contribution in [0.25, 0.3) is 0 Å². The van der Waals surface area contributed by atoms with Gasteiger partial charge in [0.05, 0.1) is 5.16 Å². The maximum Gasteiger partial charge on any atom is 0.153 e. The molecule has 0 N–H and O–H groups in total. The monoisotopic (exact) mass is 395 g/mol. The molecule has 1 nitrogen and oxygen atoms in total. The first-order valence-electron chi connectivity index (χ1n) is 9.79. The lowest BCUT2D eigenvalue weighted by Crippen LogP contribution is -2.13. The molecule has 1 aliphatic rings. The van der Waals surface area contributed by atoms with Gasteiger partial charge in [-0.1, -0.05) is 43.7 Å². The summed E-state index contributed by atoms with van der Waals surface area (Å²) in [5.74, 6) is 5.72. The van der Waals surface area contributed by atoms with Crippen molar-refractivity contribution >= 4 is 23.1 Å². The molecule has 144 valence electrons.